The van der Waals surface area contributed by atoms with E-state index in [1.165, 1.54) is 6.42 Å². The zero-order valence-corrected chi connectivity index (χ0v) is 7.31. The summed E-state index contributed by atoms with van der Waals surface area (Å²) in [7, 11) is 0. The average Bonchev–Trinajstić information content (AvgIpc) is 1.98. The van der Waals surface area contributed by atoms with Crippen LogP contribution in [0.4, 0.5) is 0 Å². The molecule has 0 radical (unpaired) electrons. The molecule has 1 nitrogen and oxygen atoms in total. The first-order valence-corrected chi connectivity index (χ1v) is 4.13. The van der Waals surface area contributed by atoms with Crippen LogP contribution in [0.5, 0.6) is 0 Å². The van der Waals surface area contributed by atoms with Gasteiger partial charge in [-0.2, -0.15) is 0 Å². The van der Waals surface area contributed by atoms with Crippen LogP contribution in [0.25, 0.3) is 0 Å². The SMILES string of the molecule is CC=C(CCC)OCCC. The average molecular weight is 142 g/mol. The molecule has 0 aromatic rings. The molecule has 0 aromatic heterocycles. The first-order valence-electron chi connectivity index (χ1n) is 4.13. The van der Waals surface area contributed by atoms with Crippen LogP contribution < -0.4 is 0 Å². The molecule has 0 fully saturated rings. The maximum Gasteiger partial charge on any atom is 0.0917 e. The number of allylic oxidation sites excluding steroid dienone is 2. The van der Waals surface area contributed by atoms with E-state index in [1.54, 1.807) is 0 Å². The second kappa shape index (κ2) is 6.66. The van der Waals surface area contributed by atoms with Crippen LogP contribution >= 0.6 is 0 Å². The van der Waals surface area contributed by atoms with Crippen LogP contribution in [0.15, 0.2) is 11.8 Å². The van der Waals surface area contributed by atoms with E-state index in [0.717, 1.165) is 25.2 Å². The summed E-state index contributed by atoms with van der Waals surface area (Å²) in [4.78, 5) is 0. The minimum absolute atomic E-state index is 0.861. The van der Waals surface area contributed by atoms with E-state index < -0.39 is 0 Å². The van der Waals surface area contributed by atoms with Crippen LogP contribution in [-0.4, -0.2) is 6.61 Å². The van der Waals surface area contributed by atoms with Crippen molar-refractivity contribution in [1.29, 1.82) is 0 Å². The third-order valence-electron chi connectivity index (χ3n) is 1.31. The lowest BCUT2D eigenvalue weighted by Gasteiger charge is -2.06. The number of hydrogen-bond acceptors (Lipinski definition) is 1. The molecular formula is C9H18O. The molecule has 0 aliphatic rings. The molecule has 0 unspecified atom stereocenters. The van der Waals surface area contributed by atoms with E-state index in [1.807, 2.05) is 6.92 Å². The largest absolute Gasteiger partial charge is 0.498 e. The molecule has 0 atom stereocenters. The lowest BCUT2D eigenvalue weighted by atomic mass is 10.3. The van der Waals surface area contributed by atoms with Crippen molar-refractivity contribution in [3.63, 3.8) is 0 Å². The van der Waals surface area contributed by atoms with Gasteiger partial charge in [-0.15, -0.1) is 0 Å². The van der Waals surface area contributed by atoms with E-state index in [-0.39, 0.29) is 0 Å². The summed E-state index contributed by atoms with van der Waals surface area (Å²) >= 11 is 0. The Morgan fingerprint density at radius 1 is 1.30 bits per heavy atom. The summed E-state index contributed by atoms with van der Waals surface area (Å²) in [6.45, 7) is 7.18. The molecule has 0 aromatic carbocycles. The Kier molecular flexibility index (Phi) is 6.35. The monoisotopic (exact) mass is 142 g/mol. The van der Waals surface area contributed by atoms with E-state index in [4.69, 9.17) is 4.74 Å². The molecule has 0 N–H and O–H groups in total. The summed E-state index contributed by atoms with van der Waals surface area (Å²) in [5, 5.41) is 0. The Labute approximate surface area is 64.1 Å². The summed E-state index contributed by atoms with van der Waals surface area (Å²) in [6, 6.07) is 0. The number of rotatable bonds is 5. The summed E-state index contributed by atoms with van der Waals surface area (Å²) < 4.78 is 5.44. The first kappa shape index (κ1) is 9.54. The molecule has 0 rings (SSSR count). The zero-order valence-electron chi connectivity index (χ0n) is 7.31. The number of hydrogen-bond donors (Lipinski definition) is 0. The second-order valence-corrected chi connectivity index (χ2v) is 2.35. The smallest absolute Gasteiger partial charge is 0.0917 e. The molecule has 0 spiro atoms. The Morgan fingerprint density at radius 2 is 2.00 bits per heavy atom. The molecule has 0 heterocycles. The maximum atomic E-state index is 5.44. The molecule has 0 aliphatic carbocycles. The van der Waals surface area contributed by atoms with Crippen molar-refractivity contribution >= 4 is 0 Å². The fourth-order valence-electron chi connectivity index (χ4n) is 0.779. The van der Waals surface area contributed by atoms with Gasteiger partial charge in [0.25, 0.3) is 0 Å². The van der Waals surface area contributed by atoms with Crippen LogP contribution in [0.2, 0.25) is 0 Å². The quantitative estimate of drug-likeness (QED) is 0.536. The van der Waals surface area contributed by atoms with Gasteiger partial charge in [0.1, 0.15) is 0 Å². The van der Waals surface area contributed by atoms with Gasteiger partial charge in [-0.1, -0.05) is 13.8 Å². The minimum atomic E-state index is 0.861. The fraction of sp³-hybridized carbons (Fsp3) is 0.778. The molecule has 10 heavy (non-hydrogen) atoms. The highest BCUT2D eigenvalue weighted by Gasteiger charge is 1.92. The van der Waals surface area contributed by atoms with Crippen molar-refractivity contribution in [3.8, 4) is 0 Å². The van der Waals surface area contributed by atoms with Gasteiger partial charge >= 0.3 is 0 Å². The van der Waals surface area contributed by atoms with E-state index in [9.17, 15) is 0 Å². The van der Waals surface area contributed by atoms with Gasteiger partial charge < -0.3 is 4.74 Å². The molecule has 0 amide bonds. The van der Waals surface area contributed by atoms with Gasteiger partial charge in [-0.3, -0.25) is 0 Å². The third-order valence-corrected chi connectivity index (χ3v) is 1.31. The summed E-state index contributed by atoms with van der Waals surface area (Å²) in [6.07, 6.45) is 5.40. The zero-order chi connectivity index (χ0) is 7.82. The number of ether oxygens (including phenoxy) is 1. The predicted octanol–water partition coefficient (Wildman–Crippen LogP) is 3.12. The highest BCUT2D eigenvalue weighted by atomic mass is 16.5. The van der Waals surface area contributed by atoms with Crippen molar-refractivity contribution in [3.05, 3.63) is 11.8 Å². The van der Waals surface area contributed by atoms with Gasteiger partial charge in [-0.25, -0.2) is 0 Å². The molecule has 0 bridgehead atoms. The van der Waals surface area contributed by atoms with E-state index in [2.05, 4.69) is 19.9 Å². The van der Waals surface area contributed by atoms with Crippen LogP contribution in [0, 0.1) is 0 Å². The van der Waals surface area contributed by atoms with Crippen molar-refractivity contribution in [2.24, 2.45) is 0 Å². The third kappa shape index (κ3) is 4.42. The second-order valence-electron chi connectivity index (χ2n) is 2.35. The molecule has 60 valence electrons. The molecular weight excluding hydrogens is 124 g/mol. The first-order chi connectivity index (χ1) is 4.85. The Balaban J connectivity index is 3.41. The lowest BCUT2D eigenvalue weighted by molar-refractivity contribution is 0.201. The Hall–Kier alpha value is -0.460. The lowest BCUT2D eigenvalue weighted by Crippen LogP contribution is -1.92. The molecule has 0 saturated carbocycles. The van der Waals surface area contributed by atoms with Gasteiger partial charge in [-0.05, 0) is 25.8 Å². The van der Waals surface area contributed by atoms with E-state index in [0.29, 0.717) is 0 Å². The molecule has 1 heteroatoms. The van der Waals surface area contributed by atoms with Crippen LogP contribution in [0.1, 0.15) is 40.0 Å². The Bertz CT molecular complexity index is 94.9. The van der Waals surface area contributed by atoms with Crippen molar-refractivity contribution < 1.29 is 4.74 Å². The predicted molar refractivity (Wildman–Crippen MR) is 44.9 cm³/mol. The normalized spacial score (nSPS) is 11.7. The fourth-order valence-corrected chi connectivity index (χ4v) is 0.779. The minimum Gasteiger partial charge on any atom is -0.498 e. The van der Waals surface area contributed by atoms with Gasteiger partial charge in [0.2, 0.25) is 0 Å². The molecule has 0 saturated heterocycles. The van der Waals surface area contributed by atoms with Crippen molar-refractivity contribution in [2.75, 3.05) is 6.61 Å². The summed E-state index contributed by atoms with van der Waals surface area (Å²) in [5.41, 5.74) is 0. The van der Waals surface area contributed by atoms with Crippen molar-refractivity contribution in [1.82, 2.24) is 0 Å². The van der Waals surface area contributed by atoms with Gasteiger partial charge in [0.15, 0.2) is 0 Å². The highest BCUT2D eigenvalue weighted by molar-refractivity contribution is 4.89. The van der Waals surface area contributed by atoms with Gasteiger partial charge in [0.05, 0.1) is 12.4 Å². The topological polar surface area (TPSA) is 9.23 Å². The molecule has 0 aliphatic heterocycles. The maximum absolute atomic E-state index is 5.44. The van der Waals surface area contributed by atoms with Gasteiger partial charge in [0, 0.05) is 6.42 Å². The summed E-state index contributed by atoms with van der Waals surface area (Å²) in [5.74, 6) is 1.14. The van der Waals surface area contributed by atoms with Crippen LogP contribution in [-0.2, 0) is 4.74 Å². The van der Waals surface area contributed by atoms with E-state index >= 15 is 0 Å². The van der Waals surface area contributed by atoms with Crippen molar-refractivity contribution in [2.45, 2.75) is 40.0 Å². The highest BCUT2D eigenvalue weighted by Crippen LogP contribution is 2.05. The Morgan fingerprint density at radius 3 is 2.40 bits per heavy atom. The standard InChI is InChI=1S/C9H18O/c1-4-7-9(6-3)10-8-5-2/h6H,4-5,7-8H2,1-3H3. The van der Waals surface area contributed by atoms with Crippen LogP contribution in [0.3, 0.4) is 0 Å².